The summed E-state index contributed by atoms with van der Waals surface area (Å²) in [5, 5.41) is 1.68. The van der Waals surface area contributed by atoms with Gasteiger partial charge < -0.3 is 0 Å². The van der Waals surface area contributed by atoms with Crippen LogP contribution in [0.2, 0.25) is 0 Å². The first kappa shape index (κ1) is 13.7. The number of nitrogens with zero attached hydrogens (tertiary/aromatic N) is 1. The van der Waals surface area contributed by atoms with E-state index in [0.29, 0.717) is 6.42 Å². The van der Waals surface area contributed by atoms with E-state index in [4.69, 9.17) is 0 Å². The van der Waals surface area contributed by atoms with Crippen molar-refractivity contribution < 1.29 is 4.79 Å². The molecule has 1 N–H and O–H groups in total. The second-order valence-corrected chi connectivity index (χ2v) is 4.71. The number of hydrogen-bond donors (Lipinski definition) is 1. The molecule has 0 radical (unpaired) electrons. The van der Waals surface area contributed by atoms with Gasteiger partial charge in [0.2, 0.25) is 5.91 Å². The van der Waals surface area contributed by atoms with Crippen LogP contribution in [0, 0.1) is 13.8 Å². The third-order valence-electron chi connectivity index (χ3n) is 2.70. The Morgan fingerprint density at radius 1 is 1.29 bits per heavy atom. The first-order chi connectivity index (χ1) is 7.99. The van der Waals surface area contributed by atoms with E-state index in [0.717, 1.165) is 12.8 Å². The topological polar surface area (TPSA) is 32.3 Å². The van der Waals surface area contributed by atoms with Gasteiger partial charge in [0.15, 0.2) is 0 Å². The second kappa shape index (κ2) is 6.40. The number of rotatable bonds is 5. The number of nitrogens with one attached hydrogen (secondary N) is 1. The zero-order valence-corrected chi connectivity index (χ0v) is 11.2. The van der Waals surface area contributed by atoms with Gasteiger partial charge in [0.25, 0.3) is 0 Å². The summed E-state index contributed by atoms with van der Waals surface area (Å²) in [7, 11) is 3.64. The molecular formula is C14H22N2O. The van der Waals surface area contributed by atoms with Crippen LogP contribution in [-0.2, 0) is 11.2 Å². The molecule has 3 nitrogen and oxygen atoms in total. The molecular weight excluding hydrogens is 212 g/mol. The Morgan fingerprint density at radius 3 is 2.65 bits per heavy atom. The van der Waals surface area contributed by atoms with E-state index in [1.165, 1.54) is 16.7 Å². The van der Waals surface area contributed by atoms with E-state index in [1.807, 2.05) is 14.1 Å². The van der Waals surface area contributed by atoms with Gasteiger partial charge in [-0.25, -0.2) is 5.01 Å². The van der Waals surface area contributed by atoms with Gasteiger partial charge in [-0.3, -0.25) is 10.2 Å². The summed E-state index contributed by atoms with van der Waals surface area (Å²) >= 11 is 0. The first-order valence-corrected chi connectivity index (χ1v) is 6.02. The second-order valence-electron chi connectivity index (χ2n) is 4.71. The van der Waals surface area contributed by atoms with Gasteiger partial charge in [0.05, 0.1) is 0 Å². The molecule has 0 fully saturated rings. The summed E-state index contributed by atoms with van der Waals surface area (Å²) in [6.07, 6.45) is 2.43. The third-order valence-corrected chi connectivity index (χ3v) is 2.70. The lowest BCUT2D eigenvalue weighted by Crippen LogP contribution is -2.35. The summed E-state index contributed by atoms with van der Waals surface area (Å²) in [6, 6.07) is 6.47. The molecule has 3 heteroatoms. The Morgan fingerprint density at radius 2 is 2.00 bits per heavy atom. The van der Waals surface area contributed by atoms with E-state index in [9.17, 15) is 4.79 Å². The first-order valence-electron chi connectivity index (χ1n) is 6.02. The van der Waals surface area contributed by atoms with Crippen molar-refractivity contribution in [3.63, 3.8) is 0 Å². The highest BCUT2D eigenvalue weighted by atomic mass is 16.2. The largest absolute Gasteiger partial charge is 0.289 e. The molecule has 1 amide bonds. The molecule has 1 aromatic carbocycles. The minimum absolute atomic E-state index is 0.0836. The lowest BCUT2D eigenvalue weighted by molar-refractivity contribution is -0.124. The highest BCUT2D eigenvalue weighted by Gasteiger charge is 2.03. The smallest absolute Gasteiger partial charge is 0.234 e. The Hall–Kier alpha value is -1.35. The average Bonchev–Trinajstić information content (AvgIpc) is 2.22. The number of amides is 1. The maximum absolute atomic E-state index is 11.4. The highest BCUT2D eigenvalue weighted by Crippen LogP contribution is 2.13. The average molecular weight is 234 g/mol. The van der Waals surface area contributed by atoms with Gasteiger partial charge in [0.1, 0.15) is 0 Å². The number of hydrogen-bond acceptors (Lipinski definition) is 2. The third kappa shape index (κ3) is 5.00. The Balaban J connectivity index is 2.40. The molecule has 0 aromatic heterocycles. The van der Waals surface area contributed by atoms with Crippen LogP contribution in [0.3, 0.4) is 0 Å². The van der Waals surface area contributed by atoms with Crippen molar-refractivity contribution in [1.29, 1.82) is 0 Å². The molecule has 94 valence electrons. The molecule has 1 rings (SSSR count). The molecule has 0 aliphatic heterocycles. The molecule has 0 heterocycles. The summed E-state index contributed by atoms with van der Waals surface area (Å²) in [5.74, 6) is 0.0836. The molecule has 0 spiro atoms. The van der Waals surface area contributed by atoms with Gasteiger partial charge in [-0.2, -0.15) is 0 Å². The number of carbonyl (C=O) groups is 1. The summed E-state index contributed by atoms with van der Waals surface area (Å²) in [5.41, 5.74) is 6.69. The summed E-state index contributed by atoms with van der Waals surface area (Å²) < 4.78 is 0. The van der Waals surface area contributed by atoms with E-state index < -0.39 is 0 Å². The van der Waals surface area contributed by atoms with Crippen molar-refractivity contribution in [1.82, 2.24) is 10.4 Å². The van der Waals surface area contributed by atoms with Crippen molar-refractivity contribution in [2.45, 2.75) is 33.1 Å². The minimum atomic E-state index is 0.0836. The van der Waals surface area contributed by atoms with E-state index in [1.54, 1.807) is 5.01 Å². The molecule has 0 aliphatic carbocycles. The van der Waals surface area contributed by atoms with E-state index in [2.05, 4.69) is 37.5 Å². The van der Waals surface area contributed by atoms with Gasteiger partial charge >= 0.3 is 0 Å². The molecule has 1 aromatic rings. The Bertz CT molecular complexity index is 386. The maximum Gasteiger partial charge on any atom is 0.234 e. The van der Waals surface area contributed by atoms with Crippen LogP contribution in [0.25, 0.3) is 0 Å². The number of benzene rings is 1. The highest BCUT2D eigenvalue weighted by molar-refractivity contribution is 5.75. The molecule has 17 heavy (non-hydrogen) atoms. The van der Waals surface area contributed by atoms with Gasteiger partial charge in [-0.05, 0) is 37.8 Å². The molecule has 0 unspecified atom stereocenters. The van der Waals surface area contributed by atoms with Crippen molar-refractivity contribution >= 4 is 5.91 Å². The molecule has 0 saturated carbocycles. The predicted molar refractivity (Wildman–Crippen MR) is 70.7 cm³/mol. The van der Waals surface area contributed by atoms with Gasteiger partial charge in [-0.1, -0.05) is 23.8 Å². The zero-order chi connectivity index (χ0) is 12.8. The fourth-order valence-corrected chi connectivity index (χ4v) is 1.81. The van der Waals surface area contributed by atoms with Crippen molar-refractivity contribution in [3.05, 3.63) is 34.9 Å². The molecule has 0 atom stereocenters. The lowest BCUT2D eigenvalue weighted by Gasteiger charge is -2.12. The van der Waals surface area contributed by atoms with Crippen LogP contribution in [0.15, 0.2) is 18.2 Å². The fraction of sp³-hybridized carbons (Fsp3) is 0.500. The van der Waals surface area contributed by atoms with Crippen LogP contribution in [0.4, 0.5) is 0 Å². The van der Waals surface area contributed by atoms with Crippen LogP contribution >= 0.6 is 0 Å². The van der Waals surface area contributed by atoms with Crippen LogP contribution < -0.4 is 5.43 Å². The quantitative estimate of drug-likeness (QED) is 0.792. The summed E-state index contributed by atoms with van der Waals surface area (Å²) in [6.45, 7) is 4.22. The zero-order valence-electron chi connectivity index (χ0n) is 11.2. The van der Waals surface area contributed by atoms with Crippen molar-refractivity contribution in [3.8, 4) is 0 Å². The predicted octanol–water partition coefficient (Wildman–Crippen LogP) is 2.22. The van der Waals surface area contributed by atoms with Crippen molar-refractivity contribution in [2.75, 3.05) is 14.1 Å². The monoisotopic (exact) mass is 234 g/mol. The van der Waals surface area contributed by atoms with Crippen LogP contribution in [0.1, 0.15) is 29.5 Å². The van der Waals surface area contributed by atoms with Crippen LogP contribution in [-0.4, -0.2) is 25.0 Å². The normalized spacial score (nSPS) is 10.6. The van der Waals surface area contributed by atoms with E-state index >= 15 is 0 Å². The molecule has 0 bridgehead atoms. The minimum Gasteiger partial charge on any atom is -0.289 e. The lowest BCUT2D eigenvalue weighted by atomic mass is 10.0. The number of aryl methyl sites for hydroxylation is 3. The van der Waals surface area contributed by atoms with Gasteiger partial charge in [0, 0.05) is 20.5 Å². The maximum atomic E-state index is 11.4. The van der Waals surface area contributed by atoms with Crippen LogP contribution in [0.5, 0.6) is 0 Å². The number of carbonyl (C=O) groups excluding carboxylic acids is 1. The number of hydrazine groups is 1. The SMILES string of the molecule is Cc1ccc(C)c(CCCC(=O)NN(C)C)c1. The molecule has 0 aliphatic rings. The van der Waals surface area contributed by atoms with Crippen molar-refractivity contribution in [2.24, 2.45) is 0 Å². The molecule has 0 saturated heterocycles. The Labute approximate surface area is 104 Å². The fourth-order valence-electron chi connectivity index (χ4n) is 1.81. The Kier molecular flexibility index (Phi) is 5.16. The van der Waals surface area contributed by atoms with Gasteiger partial charge in [-0.15, -0.1) is 0 Å². The summed E-state index contributed by atoms with van der Waals surface area (Å²) in [4.78, 5) is 11.4. The van der Waals surface area contributed by atoms with E-state index in [-0.39, 0.29) is 5.91 Å². The standard InChI is InChI=1S/C14H22N2O/c1-11-8-9-12(2)13(10-11)6-5-7-14(17)15-16(3)4/h8-10H,5-7H2,1-4H3,(H,15,17).